The Morgan fingerprint density at radius 1 is 1.50 bits per heavy atom. The van der Waals surface area contributed by atoms with Crippen molar-refractivity contribution in [2.75, 3.05) is 13.1 Å². The highest BCUT2D eigenvalue weighted by atomic mass is 79.9. The molecule has 0 aromatic carbocycles. The minimum Gasteiger partial charge on any atom is -0.481 e. The maximum Gasteiger partial charge on any atom is 0.308 e. The molecule has 2 unspecified atom stereocenters. The SMILES string of the molecule is CC1CC(C(=O)O)CN(C(=O)c2coc(Br)c2)C1. The molecular weight excluding hydrogens is 302 g/mol. The highest BCUT2D eigenvalue weighted by Gasteiger charge is 2.32. The Hall–Kier alpha value is -1.30. The van der Waals surface area contributed by atoms with Crippen LogP contribution in [0.15, 0.2) is 21.4 Å². The molecule has 1 saturated heterocycles. The summed E-state index contributed by atoms with van der Waals surface area (Å²) in [7, 11) is 0. The highest BCUT2D eigenvalue weighted by Crippen LogP contribution is 2.24. The van der Waals surface area contributed by atoms with Crippen LogP contribution in [0.4, 0.5) is 0 Å². The van der Waals surface area contributed by atoms with Crippen LogP contribution in [0.5, 0.6) is 0 Å². The third kappa shape index (κ3) is 2.75. The number of carbonyl (C=O) groups is 2. The van der Waals surface area contributed by atoms with E-state index in [4.69, 9.17) is 9.52 Å². The van der Waals surface area contributed by atoms with Crippen LogP contribution in [0.2, 0.25) is 0 Å². The van der Waals surface area contributed by atoms with E-state index in [-0.39, 0.29) is 18.4 Å². The molecule has 1 aromatic rings. The summed E-state index contributed by atoms with van der Waals surface area (Å²) in [5.74, 6) is -1.30. The van der Waals surface area contributed by atoms with E-state index in [9.17, 15) is 9.59 Å². The first-order valence-corrected chi connectivity index (χ1v) is 6.52. The third-order valence-corrected chi connectivity index (χ3v) is 3.53. The highest BCUT2D eigenvalue weighted by molar-refractivity contribution is 9.10. The zero-order valence-corrected chi connectivity index (χ0v) is 11.5. The van der Waals surface area contributed by atoms with E-state index in [1.807, 2.05) is 6.92 Å². The number of rotatable bonds is 2. The zero-order chi connectivity index (χ0) is 13.3. The van der Waals surface area contributed by atoms with Crippen molar-refractivity contribution in [3.05, 3.63) is 22.6 Å². The fourth-order valence-corrected chi connectivity index (χ4v) is 2.64. The molecule has 1 fully saturated rings. The Morgan fingerprint density at radius 3 is 2.78 bits per heavy atom. The third-order valence-electron chi connectivity index (χ3n) is 3.11. The molecule has 1 aliphatic rings. The zero-order valence-electron chi connectivity index (χ0n) is 9.93. The number of amides is 1. The van der Waals surface area contributed by atoms with Gasteiger partial charge in [0, 0.05) is 19.2 Å². The molecule has 1 amide bonds. The first-order valence-electron chi connectivity index (χ1n) is 5.73. The predicted octanol–water partition coefficient (Wildman–Crippen LogP) is 2.22. The topological polar surface area (TPSA) is 70.8 Å². The maximum absolute atomic E-state index is 12.2. The van der Waals surface area contributed by atoms with Crippen LogP contribution in [-0.2, 0) is 4.79 Å². The second-order valence-electron chi connectivity index (χ2n) is 4.73. The van der Waals surface area contributed by atoms with Crippen LogP contribution in [0, 0.1) is 11.8 Å². The number of aliphatic carboxylic acids is 1. The number of likely N-dealkylation sites (tertiary alicyclic amines) is 1. The summed E-state index contributed by atoms with van der Waals surface area (Å²) in [5.41, 5.74) is 0.445. The summed E-state index contributed by atoms with van der Waals surface area (Å²) >= 11 is 3.14. The Labute approximate surface area is 113 Å². The smallest absolute Gasteiger partial charge is 0.308 e. The van der Waals surface area contributed by atoms with Gasteiger partial charge in [-0.25, -0.2) is 0 Å². The maximum atomic E-state index is 12.2. The van der Waals surface area contributed by atoms with E-state index >= 15 is 0 Å². The van der Waals surface area contributed by atoms with Crippen LogP contribution in [-0.4, -0.2) is 35.0 Å². The monoisotopic (exact) mass is 315 g/mol. The number of piperidine rings is 1. The number of hydrogen-bond acceptors (Lipinski definition) is 3. The van der Waals surface area contributed by atoms with Crippen molar-refractivity contribution in [1.29, 1.82) is 0 Å². The lowest BCUT2D eigenvalue weighted by Gasteiger charge is -2.34. The summed E-state index contributed by atoms with van der Waals surface area (Å²) in [5, 5.41) is 9.07. The van der Waals surface area contributed by atoms with E-state index < -0.39 is 11.9 Å². The van der Waals surface area contributed by atoms with E-state index in [0.29, 0.717) is 23.2 Å². The number of nitrogens with zero attached hydrogens (tertiary/aromatic N) is 1. The average molecular weight is 316 g/mol. The van der Waals surface area contributed by atoms with E-state index in [1.165, 1.54) is 6.26 Å². The van der Waals surface area contributed by atoms with Crippen molar-refractivity contribution in [1.82, 2.24) is 4.90 Å². The molecule has 0 spiro atoms. The van der Waals surface area contributed by atoms with Gasteiger partial charge in [-0.15, -0.1) is 0 Å². The predicted molar refractivity (Wildman–Crippen MR) is 67.2 cm³/mol. The lowest BCUT2D eigenvalue weighted by molar-refractivity contribution is -0.143. The molecule has 18 heavy (non-hydrogen) atoms. The molecule has 0 saturated carbocycles. The lowest BCUT2D eigenvalue weighted by Crippen LogP contribution is -2.45. The van der Waals surface area contributed by atoms with Gasteiger partial charge in [-0.05, 0) is 28.3 Å². The Kier molecular flexibility index (Phi) is 3.75. The van der Waals surface area contributed by atoms with Gasteiger partial charge in [-0.1, -0.05) is 6.92 Å². The minimum atomic E-state index is -0.840. The first-order chi connectivity index (χ1) is 8.47. The summed E-state index contributed by atoms with van der Waals surface area (Å²) < 4.78 is 5.52. The number of carbonyl (C=O) groups excluding carboxylic acids is 1. The molecule has 6 heteroatoms. The van der Waals surface area contributed by atoms with Gasteiger partial charge in [0.15, 0.2) is 4.67 Å². The van der Waals surface area contributed by atoms with Crippen LogP contribution in [0.25, 0.3) is 0 Å². The van der Waals surface area contributed by atoms with E-state index in [2.05, 4.69) is 15.9 Å². The van der Waals surface area contributed by atoms with Crippen LogP contribution in [0.3, 0.4) is 0 Å². The van der Waals surface area contributed by atoms with Gasteiger partial charge in [0.25, 0.3) is 5.91 Å². The number of carboxylic acid groups (broad SMARTS) is 1. The summed E-state index contributed by atoms with van der Waals surface area (Å²) in [6, 6.07) is 1.59. The molecule has 5 nitrogen and oxygen atoms in total. The molecule has 2 heterocycles. The first kappa shape index (κ1) is 13.1. The normalized spacial score (nSPS) is 24.0. The summed E-state index contributed by atoms with van der Waals surface area (Å²) in [4.78, 5) is 24.8. The largest absolute Gasteiger partial charge is 0.481 e. The molecule has 1 N–H and O–H groups in total. The van der Waals surface area contributed by atoms with Gasteiger partial charge in [-0.2, -0.15) is 0 Å². The van der Waals surface area contributed by atoms with Crippen molar-refractivity contribution < 1.29 is 19.1 Å². The quantitative estimate of drug-likeness (QED) is 0.908. The van der Waals surface area contributed by atoms with E-state index in [0.717, 1.165) is 0 Å². The van der Waals surface area contributed by atoms with Crippen molar-refractivity contribution >= 4 is 27.8 Å². The summed E-state index contributed by atoms with van der Waals surface area (Å²) in [6.07, 6.45) is 2.00. The fourth-order valence-electron chi connectivity index (χ4n) is 2.30. The lowest BCUT2D eigenvalue weighted by atomic mass is 9.90. The Bertz CT molecular complexity index is 470. The second-order valence-corrected chi connectivity index (χ2v) is 5.51. The van der Waals surface area contributed by atoms with Gasteiger partial charge in [0.05, 0.1) is 11.5 Å². The Balaban J connectivity index is 2.12. The number of hydrogen-bond donors (Lipinski definition) is 1. The number of carboxylic acids is 1. The number of furan rings is 1. The molecule has 2 rings (SSSR count). The van der Waals surface area contributed by atoms with Crippen molar-refractivity contribution in [2.45, 2.75) is 13.3 Å². The van der Waals surface area contributed by atoms with Crippen LogP contribution in [0.1, 0.15) is 23.7 Å². The van der Waals surface area contributed by atoms with Crippen molar-refractivity contribution in [3.8, 4) is 0 Å². The molecule has 0 radical (unpaired) electrons. The van der Waals surface area contributed by atoms with Gasteiger partial charge in [-0.3, -0.25) is 9.59 Å². The molecule has 1 aliphatic heterocycles. The van der Waals surface area contributed by atoms with Gasteiger partial charge in [0.1, 0.15) is 6.26 Å². The molecule has 0 aliphatic carbocycles. The number of halogens is 1. The van der Waals surface area contributed by atoms with Gasteiger partial charge >= 0.3 is 5.97 Å². The van der Waals surface area contributed by atoms with Crippen molar-refractivity contribution in [2.24, 2.45) is 11.8 Å². The molecular formula is C12H14BrNO4. The molecule has 98 valence electrons. The summed E-state index contributed by atoms with van der Waals surface area (Å²) in [6.45, 7) is 2.81. The van der Waals surface area contributed by atoms with Crippen LogP contribution < -0.4 is 0 Å². The van der Waals surface area contributed by atoms with Crippen molar-refractivity contribution in [3.63, 3.8) is 0 Å². The van der Waals surface area contributed by atoms with Gasteiger partial charge < -0.3 is 14.4 Å². The fraction of sp³-hybridized carbons (Fsp3) is 0.500. The van der Waals surface area contributed by atoms with E-state index in [1.54, 1.807) is 11.0 Å². The minimum absolute atomic E-state index is 0.178. The second kappa shape index (κ2) is 5.14. The molecule has 2 atom stereocenters. The Morgan fingerprint density at radius 2 is 2.22 bits per heavy atom. The molecule has 1 aromatic heterocycles. The van der Waals surface area contributed by atoms with Crippen LogP contribution >= 0.6 is 15.9 Å². The van der Waals surface area contributed by atoms with Gasteiger partial charge in [0.2, 0.25) is 0 Å². The standard InChI is InChI=1S/C12H14BrNO4/c1-7-2-8(12(16)17)5-14(4-7)11(15)9-3-10(13)18-6-9/h3,6-8H,2,4-5H2,1H3,(H,16,17). The molecule has 0 bridgehead atoms. The average Bonchev–Trinajstić information content (AvgIpc) is 2.74.